The highest BCUT2D eigenvalue weighted by Crippen LogP contribution is 2.45. The van der Waals surface area contributed by atoms with E-state index in [0.717, 1.165) is 10.8 Å². The quantitative estimate of drug-likeness (QED) is 0.247. The van der Waals surface area contributed by atoms with Gasteiger partial charge in [0.05, 0.1) is 11.8 Å². The molecule has 0 bridgehead atoms. The Balaban J connectivity index is 1.15. The third-order valence-corrected chi connectivity index (χ3v) is 12.0. The molecule has 7 rings (SSSR count). The van der Waals surface area contributed by atoms with Crippen LogP contribution in [0.15, 0.2) is 73.4 Å². The van der Waals surface area contributed by atoms with Crippen LogP contribution in [0.4, 0.5) is 0 Å². The molecule has 0 spiro atoms. The number of para-hydroxylation sites is 2. The maximum atomic E-state index is 14.7. The number of nitrogens with zero attached hydrogens (tertiary/aromatic N) is 2. The third-order valence-electron chi connectivity index (χ3n) is 10.2. The van der Waals surface area contributed by atoms with E-state index in [-0.39, 0.29) is 26.0 Å². The minimum absolute atomic E-state index is 0.0282. The first-order valence-electron chi connectivity index (χ1n) is 17.7. The molecule has 2 aliphatic heterocycles. The van der Waals surface area contributed by atoms with Crippen LogP contribution in [0.1, 0.15) is 46.5 Å². The van der Waals surface area contributed by atoms with Gasteiger partial charge >= 0.3 is 0 Å². The van der Waals surface area contributed by atoms with Gasteiger partial charge in [-0.1, -0.05) is 57.2 Å². The Morgan fingerprint density at radius 2 is 1.75 bits per heavy atom. The molecule has 4 aliphatic rings. The number of hydrogen-bond donors (Lipinski definition) is 3. The Morgan fingerprint density at radius 3 is 2.45 bits per heavy atom. The number of amides is 4. The van der Waals surface area contributed by atoms with Crippen LogP contribution in [0.3, 0.4) is 0 Å². The van der Waals surface area contributed by atoms with Crippen LogP contribution in [-0.4, -0.2) is 90.2 Å². The van der Waals surface area contributed by atoms with Gasteiger partial charge in [-0.15, -0.1) is 6.58 Å². The summed E-state index contributed by atoms with van der Waals surface area (Å²) >= 11 is 0. The number of carbonyl (C=O) groups is 4. The highest BCUT2D eigenvalue weighted by atomic mass is 32.2. The van der Waals surface area contributed by atoms with Crippen LogP contribution in [0.25, 0.3) is 10.8 Å². The molecule has 3 N–H and O–H groups in total. The standard InChI is InChI=1S/C38H43N5O9S/c1-5-23-19-38(23,36(47)42-53(48,49)25-14-15-25)41-32(44)27-18-24(51-34-26-11-7-6-10-22(26)16-17-39-34)20-43(27)35(46)31(37(2,3)4)40-33(45)30-21-50-28-12-8-9-13-29(28)52-30/h5-13,16-17,23-25,27,30-31H,1,14-15,18-21H2,2-4H3,(H,40,45)(H,41,44)(H,42,47)/t23-,24-,27+,30+,31?,38-/m1/s1. The number of carbonyl (C=O) groups excluding carboxylic acids is 4. The van der Waals surface area contributed by atoms with Gasteiger partial charge in [-0.2, -0.15) is 0 Å². The lowest BCUT2D eigenvalue weighted by molar-refractivity contribution is -0.146. The SMILES string of the molecule is C=C[C@@H]1C[C@]1(NC(=O)[C@@H]1C[C@@H](Oc2nccc3ccccc23)CN1C(=O)C(NC(=O)[C@@H]1COc2ccccc2O1)C(C)(C)C)C(=O)NS(=O)(=O)C1CC1. The largest absolute Gasteiger partial charge is 0.485 e. The Bertz CT molecular complexity index is 2080. The normalized spacial score (nSPS) is 25.5. The van der Waals surface area contributed by atoms with Crippen molar-refractivity contribution in [2.24, 2.45) is 11.3 Å². The first-order valence-corrected chi connectivity index (χ1v) is 19.2. The lowest BCUT2D eigenvalue weighted by Crippen LogP contribution is -2.61. The molecule has 1 unspecified atom stereocenters. The summed E-state index contributed by atoms with van der Waals surface area (Å²) in [5, 5.41) is 6.64. The minimum atomic E-state index is -3.90. The van der Waals surface area contributed by atoms with Gasteiger partial charge < -0.3 is 29.7 Å². The number of likely N-dealkylation sites (tertiary alicyclic amines) is 1. The van der Waals surface area contributed by atoms with Gasteiger partial charge in [0, 0.05) is 23.9 Å². The van der Waals surface area contributed by atoms with E-state index < -0.39 is 80.1 Å². The monoisotopic (exact) mass is 745 g/mol. The molecular weight excluding hydrogens is 703 g/mol. The van der Waals surface area contributed by atoms with Crippen molar-refractivity contribution >= 4 is 44.4 Å². The molecule has 2 saturated carbocycles. The number of rotatable bonds is 11. The molecule has 0 radical (unpaired) electrons. The molecule has 15 heteroatoms. The molecule has 280 valence electrons. The summed E-state index contributed by atoms with van der Waals surface area (Å²) in [6.45, 7) is 9.04. The van der Waals surface area contributed by atoms with E-state index in [2.05, 4.69) is 26.9 Å². The summed E-state index contributed by atoms with van der Waals surface area (Å²) in [6.07, 6.45) is 2.45. The Kier molecular flexibility index (Phi) is 9.33. The molecule has 2 aliphatic carbocycles. The number of benzene rings is 2. The van der Waals surface area contributed by atoms with Gasteiger partial charge in [0.15, 0.2) is 11.5 Å². The number of fused-ring (bicyclic) bond motifs is 2. The van der Waals surface area contributed by atoms with Crippen molar-refractivity contribution in [3.05, 3.63) is 73.4 Å². The minimum Gasteiger partial charge on any atom is -0.485 e. The van der Waals surface area contributed by atoms with Crippen molar-refractivity contribution in [1.82, 2.24) is 25.2 Å². The maximum absolute atomic E-state index is 14.7. The summed E-state index contributed by atoms with van der Waals surface area (Å²) in [4.78, 5) is 61.9. The van der Waals surface area contributed by atoms with Crippen molar-refractivity contribution < 1.29 is 41.8 Å². The average molecular weight is 746 g/mol. The number of hydrogen-bond acceptors (Lipinski definition) is 10. The number of aromatic nitrogens is 1. The highest BCUT2D eigenvalue weighted by molar-refractivity contribution is 7.91. The second kappa shape index (κ2) is 13.7. The molecule has 3 aromatic rings. The van der Waals surface area contributed by atoms with Crippen LogP contribution < -0.4 is 29.6 Å². The van der Waals surface area contributed by atoms with Crippen molar-refractivity contribution in [2.75, 3.05) is 13.2 Å². The number of sulfonamides is 1. The molecule has 3 heterocycles. The first kappa shape index (κ1) is 36.2. The number of pyridine rings is 1. The Hall–Kier alpha value is -5.18. The summed E-state index contributed by atoms with van der Waals surface area (Å²) < 4.78 is 45.6. The van der Waals surface area contributed by atoms with Gasteiger partial charge in [0.1, 0.15) is 30.3 Å². The van der Waals surface area contributed by atoms with Crippen LogP contribution in [0, 0.1) is 11.3 Å². The summed E-state index contributed by atoms with van der Waals surface area (Å²) in [7, 11) is -3.90. The van der Waals surface area contributed by atoms with Gasteiger partial charge in [-0.25, -0.2) is 13.4 Å². The fourth-order valence-electron chi connectivity index (χ4n) is 6.94. The highest BCUT2D eigenvalue weighted by Gasteiger charge is 2.62. The smallest absolute Gasteiger partial charge is 0.265 e. The van der Waals surface area contributed by atoms with Crippen LogP contribution >= 0.6 is 0 Å². The Morgan fingerprint density at radius 1 is 1.04 bits per heavy atom. The zero-order valence-corrected chi connectivity index (χ0v) is 30.6. The first-order chi connectivity index (χ1) is 25.2. The van der Waals surface area contributed by atoms with Crippen LogP contribution in [0.2, 0.25) is 0 Å². The second-order valence-electron chi connectivity index (χ2n) is 15.2. The second-order valence-corrected chi connectivity index (χ2v) is 17.1. The van der Waals surface area contributed by atoms with Gasteiger partial charge in [0.2, 0.25) is 33.8 Å². The zero-order valence-electron chi connectivity index (χ0n) is 29.7. The maximum Gasteiger partial charge on any atom is 0.265 e. The van der Waals surface area contributed by atoms with Crippen molar-refractivity contribution in [3.8, 4) is 17.4 Å². The molecule has 53 heavy (non-hydrogen) atoms. The van der Waals surface area contributed by atoms with Crippen LogP contribution in [0.5, 0.6) is 17.4 Å². The van der Waals surface area contributed by atoms with Gasteiger partial charge in [0.25, 0.3) is 11.8 Å². The number of ether oxygens (including phenoxy) is 3. The van der Waals surface area contributed by atoms with E-state index >= 15 is 0 Å². The van der Waals surface area contributed by atoms with Crippen molar-refractivity contribution in [3.63, 3.8) is 0 Å². The lowest BCUT2D eigenvalue weighted by atomic mass is 9.85. The Labute approximate surface area is 307 Å². The fourth-order valence-corrected chi connectivity index (χ4v) is 8.30. The van der Waals surface area contributed by atoms with E-state index in [4.69, 9.17) is 14.2 Å². The topological polar surface area (TPSA) is 182 Å². The van der Waals surface area contributed by atoms with E-state index in [1.807, 2.05) is 30.3 Å². The van der Waals surface area contributed by atoms with E-state index in [1.165, 1.54) is 11.0 Å². The molecular formula is C38H43N5O9S. The fraction of sp³-hybridized carbons (Fsp3) is 0.447. The lowest BCUT2D eigenvalue weighted by Gasteiger charge is -2.36. The van der Waals surface area contributed by atoms with Crippen molar-refractivity contribution in [1.29, 1.82) is 0 Å². The third kappa shape index (κ3) is 7.26. The summed E-state index contributed by atoms with van der Waals surface area (Å²) in [6, 6.07) is 14.1. The molecule has 14 nitrogen and oxygen atoms in total. The molecule has 1 saturated heterocycles. The van der Waals surface area contributed by atoms with E-state index in [0.29, 0.717) is 30.2 Å². The average Bonchev–Trinajstić information content (AvgIpc) is 4.06. The summed E-state index contributed by atoms with van der Waals surface area (Å²) in [5.41, 5.74) is -2.39. The molecule has 4 amide bonds. The predicted molar refractivity (Wildman–Crippen MR) is 193 cm³/mol. The molecule has 3 fully saturated rings. The molecule has 1 aromatic heterocycles. The van der Waals surface area contributed by atoms with Crippen LogP contribution in [-0.2, 0) is 29.2 Å². The molecule has 6 atom stereocenters. The van der Waals surface area contributed by atoms with Gasteiger partial charge in [-0.05, 0) is 54.3 Å². The van der Waals surface area contributed by atoms with Crippen molar-refractivity contribution in [2.45, 2.75) is 81.5 Å². The number of nitrogens with one attached hydrogen (secondary N) is 3. The van der Waals surface area contributed by atoms with E-state index in [1.54, 1.807) is 51.2 Å². The molecule has 2 aromatic carbocycles. The zero-order chi connectivity index (χ0) is 37.7. The predicted octanol–water partition coefficient (Wildman–Crippen LogP) is 2.62. The summed E-state index contributed by atoms with van der Waals surface area (Å²) in [5.74, 6) is -1.93. The van der Waals surface area contributed by atoms with Gasteiger partial charge in [-0.3, -0.25) is 23.9 Å². The van der Waals surface area contributed by atoms with E-state index in [9.17, 15) is 27.6 Å².